The first-order valence-corrected chi connectivity index (χ1v) is 5.26. The molecule has 0 aliphatic carbocycles. The molecule has 22 heavy (non-hydrogen) atoms. The molecule has 0 atom stereocenters. The Labute approximate surface area is 118 Å². The lowest BCUT2D eigenvalue weighted by molar-refractivity contribution is -0.276. The summed E-state index contributed by atoms with van der Waals surface area (Å²) in [6, 6.07) is 2.11. The summed E-state index contributed by atoms with van der Waals surface area (Å²) in [5.41, 5.74) is -1.14. The Morgan fingerprint density at radius 1 is 1.09 bits per heavy atom. The molecule has 0 radical (unpaired) electrons. The Hall–Kier alpha value is -2.46. The van der Waals surface area contributed by atoms with E-state index in [1.807, 2.05) is 0 Å². The molecule has 1 aromatic rings. The van der Waals surface area contributed by atoms with Crippen molar-refractivity contribution in [2.24, 2.45) is 0 Å². The van der Waals surface area contributed by atoms with Gasteiger partial charge in [0.2, 0.25) is 0 Å². The van der Waals surface area contributed by atoms with Crippen LogP contribution in [0.15, 0.2) is 18.2 Å². The minimum atomic E-state index is -5.36. The maximum atomic E-state index is 12.2. The molecule has 5 nitrogen and oxygen atoms in total. The summed E-state index contributed by atoms with van der Waals surface area (Å²) >= 11 is 0. The highest BCUT2D eigenvalue weighted by atomic mass is 19.4. The molecule has 0 aromatic heterocycles. The average Bonchev–Trinajstić information content (AvgIpc) is 2.26. The zero-order chi connectivity index (χ0) is 17.1. The minimum Gasteiger partial charge on any atom is -0.545 e. The number of rotatable bonds is 4. The molecule has 0 saturated carbocycles. The smallest absolute Gasteiger partial charge is 0.545 e. The molecule has 0 saturated heterocycles. The first-order valence-electron chi connectivity index (χ1n) is 5.26. The number of hydrogen-bond acceptors (Lipinski definition) is 5. The minimum absolute atomic E-state index is 0.636. The Morgan fingerprint density at radius 3 is 2.14 bits per heavy atom. The Bertz CT molecular complexity index is 577. The number of carbonyl (C=O) groups is 2. The van der Waals surface area contributed by atoms with Crippen molar-refractivity contribution >= 4 is 11.9 Å². The van der Waals surface area contributed by atoms with Crippen molar-refractivity contribution in [2.75, 3.05) is 0 Å². The Morgan fingerprint density at radius 2 is 1.68 bits per heavy atom. The third-order valence-electron chi connectivity index (χ3n) is 1.99. The van der Waals surface area contributed by atoms with E-state index in [0.717, 1.165) is 6.07 Å². The van der Waals surface area contributed by atoms with Crippen LogP contribution in [0.2, 0.25) is 0 Å². The van der Waals surface area contributed by atoms with Crippen LogP contribution in [0.3, 0.4) is 0 Å². The van der Waals surface area contributed by atoms with E-state index >= 15 is 0 Å². The second kappa shape index (κ2) is 6.12. The van der Waals surface area contributed by atoms with E-state index in [0.29, 0.717) is 12.1 Å². The Kier molecular flexibility index (Phi) is 4.89. The summed E-state index contributed by atoms with van der Waals surface area (Å²) in [4.78, 5) is 21.7. The van der Waals surface area contributed by atoms with E-state index in [1.54, 1.807) is 0 Å². The molecule has 122 valence electrons. The van der Waals surface area contributed by atoms with Gasteiger partial charge in [0.05, 0.1) is 5.97 Å². The van der Waals surface area contributed by atoms with Gasteiger partial charge in [-0.15, -0.1) is 13.2 Å². The second-order valence-corrected chi connectivity index (χ2v) is 3.73. The maximum absolute atomic E-state index is 12.2. The molecule has 0 aliphatic heterocycles. The number of benzene rings is 1. The average molecular weight is 331 g/mol. The topological polar surface area (TPSA) is 75.7 Å². The molecule has 1 aromatic carbocycles. The van der Waals surface area contributed by atoms with E-state index in [9.17, 15) is 41.0 Å². The summed E-state index contributed by atoms with van der Waals surface area (Å²) in [7, 11) is 0. The fourth-order valence-corrected chi connectivity index (χ4v) is 1.30. The number of aromatic carboxylic acids is 1. The SMILES string of the molecule is O=C(CC(F)(F)F)Oc1cccc(C(=O)[O-])c1OC(F)(F)F. The maximum Gasteiger partial charge on any atom is 0.573 e. The van der Waals surface area contributed by atoms with Crippen molar-refractivity contribution in [3.63, 3.8) is 0 Å². The predicted octanol–water partition coefficient (Wildman–Crippen LogP) is 1.81. The van der Waals surface area contributed by atoms with Gasteiger partial charge in [-0.05, 0) is 12.1 Å². The van der Waals surface area contributed by atoms with E-state index in [2.05, 4.69) is 9.47 Å². The van der Waals surface area contributed by atoms with Crippen molar-refractivity contribution < 1.29 is 50.5 Å². The van der Waals surface area contributed by atoms with Gasteiger partial charge in [-0.3, -0.25) is 4.79 Å². The number of alkyl halides is 6. The third kappa shape index (κ3) is 5.50. The fraction of sp³-hybridized carbons (Fsp3) is 0.273. The number of carboxylic acids is 1. The van der Waals surface area contributed by atoms with Crippen LogP contribution in [0.4, 0.5) is 26.3 Å². The number of hydrogen-bond donors (Lipinski definition) is 0. The fourth-order valence-electron chi connectivity index (χ4n) is 1.30. The molecule has 0 unspecified atom stereocenters. The molecular weight excluding hydrogens is 326 g/mol. The standard InChI is InChI=1S/C11H6F6O5/c12-10(13,14)4-7(18)21-6-3-1-2-5(9(19)20)8(6)22-11(15,16)17/h1-3H,4H2,(H,19,20)/p-1. The lowest BCUT2D eigenvalue weighted by Crippen LogP contribution is -2.26. The molecular formula is C11H5F6O5-. The summed E-state index contributed by atoms with van der Waals surface area (Å²) in [5.74, 6) is -6.65. The van der Waals surface area contributed by atoms with E-state index in [4.69, 9.17) is 0 Å². The van der Waals surface area contributed by atoms with Gasteiger partial charge in [0.15, 0.2) is 11.5 Å². The van der Waals surface area contributed by atoms with Crippen LogP contribution in [-0.4, -0.2) is 24.5 Å². The van der Waals surface area contributed by atoms with Gasteiger partial charge < -0.3 is 19.4 Å². The van der Waals surface area contributed by atoms with Crippen LogP contribution >= 0.6 is 0 Å². The third-order valence-corrected chi connectivity index (χ3v) is 1.99. The quantitative estimate of drug-likeness (QED) is 0.478. The lowest BCUT2D eigenvalue weighted by atomic mass is 10.2. The van der Waals surface area contributed by atoms with Crippen molar-refractivity contribution in [3.05, 3.63) is 23.8 Å². The molecule has 0 fully saturated rings. The number of ether oxygens (including phenoxy) is 2. The number of para-hydroxylation sites is 1. The van der Waals surface area contributed by atoms with Gasteiger partial charge in [0.1, 0.15) is 6.42 Å². The van der Waals surface area contributed by atoms with Gasteiger partial charge in [0.25, 0.3) is 0 Å². The van der Waals surface area contributed by atoms with Crippen LogP contribution < -0.4 is 14.6 Å². The highest BCUT2D eigenvalue weighted by Crippen LogP contribution is 2.36. The first-order chi connectivity index (χ1) is 9.89. The Balaban J connectivity index is 3.16. The van der Waals surface area contributed by atoms with Gasteiger partial charge >= 0.3 is 18.5 Å². The van der Waals surface area contributed by atoms with Crippen LogP contribution in [0.5, 0.6) is 11.5 Å². The van der Waals surface area contributed by atoms with Crippen LogP contribution in [0.1, 0.15) is 16.8 Å². The van der Waals surface area contributed by atoms with E-state index in [-0.39, 0.29) is 0 Å². The monoisotopic (exact) mass is 331 g/mol. The van der Waals surface area contributed by atoms with Gasteiger partial charge in [-0.25, -0.2) is 0 Å². The van der Waals surface area contributed by atoms with Crippen LogP contribution in [0.25, 0.3) is 0 Å². The predicted molar refractivity (Wildman–Crippen MR) is 53.8 cm³/mol. The molecule has 0 N–H and O–H groups in total. The summed E-state index contributed by atoms with van der Waals surface area (Å²) in [6.07, 6.45) is -12.4. The zero-order valence-electron chi connectivity index (χ0n) is 10.2. The van der Waals surface area contributed by atoms with Crippen molar-refractivity contribution in [3.8, 4) is 11.5 Å². The molecule has 11 heteroatoms. The highest BCUT2D eigenvalue weighted by molar-refractivity contribution is 5.91. The van der Waals surface area contributed by atoms with Crippen LogP contribution in [-0.2, 0) is 4.79 Å². The molecule has 1 rings (SSSR count). The normalized spacial score (nSPS) is 11.9. The summed E-state index contributed by atoms with van der Waals surface area (Å²) in [5, 5.41) is 10.7. The number of esters is 1. The zero-order valence-corrected chi connectivity index (χ0v) is 10.2. The van der Waals surface area contributed by atoms with Crippen molar-refractivity contribution in [1.29, 1.82) is 0 Å². The molecule has 0 bridgehead atoms. The number of carbonyl (C=O) groups excluding carboxylic acids is 2. The van der Waals surface area contributed by atoms with Crippen LogP contribution in [0, 0.1) is 0 Å². The lowest BCUT2D eigenvalue weighted by Gasteiger charge is -2.17. The molecule has 0 spiro atoms. The summed E-state index contributed by atoms with van der Waals surface area (Å²) < 4.78 is 80.0. The highest BCUT2D eigenvalue weighted by Gasteiger charge is 2.36. The van der Waals surface area contributed by atoms with Crippen molar-refractivity contribution in [1.82, 2.24) is 0 Å². The molecule has 0 aliphatic rings. The largest absolute Gasteiger partial charge is 0.573 e. The first kappa shape index (κ1) is 17.6. The van der Waals surface area contributed by atoms with E-state index in [1.165, 1.54) is 0 Å². The van der Waals surface area contributed by atoms with E-state index < -0.39 is 48.0 Å². The summed E-state index contributed by atoms with van der Waals surface area (Å²) in [6.45, 7) is 0. The molecule has 0 heterocycles. The second-order valence-electron chi connectivity index (χ2n) is 3.73. The van der Waals surface area contributed by atoms with Gasteiger partial charge in [-0.2, -0.15) is 13.2 Å². The number of carboxylic acid groups (broad SMARTS) is 1. The molecule has 0 amide bonds. The van der Waals surface area contributed by atoms with Gasteiger partial charge in [-0.1, -0.05) is 6.07 Å². The van der Waals surface area contributed by atoms with Crippen molar-refractivity contribution in [2.45, 2.75) is 19.0 Å². The number of halogens is 6. The van der Waals surface area contributed by atoms with Gasteiger partial charge in [0, 0.05) is 5.56 Å².